The van der Waals surface area contributed by atoms with E-state index < -0.39 is 23.1 Å². The van der Waals surface area contributed by atoms with Crippen molar-refractivity contribution in [3.8, 4) is 0 Å². The number of amides is 1. The van der Waals surface area contributed by atoms with E-state index in [9.17, 15) is 9.36 Å². The highest BCUT2D eigenvalue weighted by molar-refractivity contribution is 7.55. The summed E-state index contributed by atoms with van der Waals surface area (Å²) < 4.78 is 21.5. The number of carbonyl (C=O) groups is 1. The third-order valence-corrected chi connectivity index (χ3v) is 7.04. The Morgan fingerprint density at radius 2 is 1.65 bits per heavy atom. The Morgan fingerprint density at radius 1 is 1.08 bits per heavy atom. The molecule has 0 heterocycles. The molecule has 0 saturated heterocycles. The molecule has 2 rings (SSSR count). The average molecular weight is 439 g/mol. The van der Waals surface area contributed by atoms with Crippen LogP contribution in [0.15, 0.2) is 42.5 Å². The molecule has 0 aromatic heterocycles. The fourth-order valence-corrected chi connectivity index (χ4v) is 5.48. The summed E-state index contributed by atoms with van der Waals surface area (Å²) in [5, 5.41) is 4.13. The van der Waals surface area contributed by atoms with Crippen molar-refractivity contribution in [3.63, 3.8) is 0 Å². The third kappa shape index (κ3) is 4.92. The quantitative estimate of drug-likeness (QED) is 0.456. The van der Waals surface area contributed by atoms with Gasteiger partial charge in [0.25, 0.3) is 5.91 Å². The molecule has 1 amide bonds. The first-order valence-electron chi connectivity index (χ1n) is 7.97. The number of benzene rings is 2. The zero-order valence-electron chi connectivity index (χ0n) is 14.2. The molecule has 0 aliphatic carbocycles. The van der Waals surface area contributed by atoms with Gasteiger partial charge in [0.2, 0.25) is 3.79 Å². The van der Waals surface area contributed by atoms with Crippen LogP contribution in [0.4, 0.5) is 0 Å². The van der Waals surface area contributed by atoms with Crippen LogP contribution in [0.3, 0.4) is 0 Å². The number of rotatable bonds is 7. The highest BCUT2D eigenvalue weighted by Gasteiger charge is 2.49. The van der Waals surface area contributed by atoms with E-state index in [1.54, 1.807) is 32.0 Å². The van der Waals surface area contributed by atoms with Crippen LogP contribution in [-0.2, 0) is 13.6 Å². The van der Waals surface area contributed by atoms with E-state index in [1.807, 2.05) is 24.3 Å². The van der Waals surface area contributed by atoms with Crippen LogP contribution in [0, 0.1) is 0 Å². The first-order chi connectivity index (χ1) is 12.2. The number of fused-ring (bicyclic) bond motifs is 1. The van der Waals surface area contributed by atoms with E-state index in [4.69, 9.17) is 43.9 Å². The van der Waals surface area contributed by atoms with E-state index in [2.05, 4.69) is 5.32 Å². The van der Waals surface area contributed by atoms with E-state index in [1.165, 1.54) is 0 Å². The molecule has 2 aromatic carbocycles. The summed E-state index contributed by atoms with van der Waals surface area (Å²) in [6.45, 7) is 3.40. The van der Waals surface area contributed by atoms with E-state index in [-0.39, 0.29) is 13.2 Å². The van der Waals surface area contributed by atoms with Gasteiger partial charge in [0.1, 0.15) is 0 Å². The Morgan fingerprint density at radius 3 is 2.23 bits per heavy atom. The molecule has 0 aliphatic rings. The summed E-state index contributed by atoms with van der Waals surface area (Å²) in [6, 6.07) is 12.6. The molecular formula is C17H19Cl3NO4P. The minimum atomic E-state index is -3.91. The molecular weight excluding hydrogens is 420 g/mol. The zero-order valence-corrected chi connectivity index (χ0v) is 17.4. The van der Waals surface area contributed by atoms with Crippen molar-refractivity contribution in [2.45, 2.75) is 23.4 Å². The van der Waals surface area contributed by atoms with E-state index in [0.717, 1.165) is 10.8 Å². The molecule has 2 aromatic rings. The van der Waals surface area contributed by atoms with Gasteiger partial charge in [0.05, 0.1) is 13.2 Å². The Kier molecular flexibility index (Phi) is 7.37. The molecule has 0 saturated carbocycles. The maximum Gasteiger partial charge on any atom is 0.357 e. The highest BCUT2D eigenvalue weighted by atomic mass is 35.6. The molecule has 0 aliphatic heterocycles. The lowest BCUT2D eigenvalue weighted by molar-refractivity contribution is 0.0939. The lowest BCUT2D eigenvalue weighted by Gasteiger charge is -2.31. The van der Waals surface area contributed by atoms with Crippen LogP contribution in [0.2, 0.25) is 0 Å². The summed E-state index contributed by atoms with van der Waals surface area (Å²) in [4.78, 5) is 12.9. The van der Waals surface area contributed by atoms with E-state index >= 15 is 0 Å². The van der Waals surface area contributed by atoms with E-state index in [0.29, 0.717) is 5.56 Å². The first-order valence-corrected chi connectivity index (χ1v) is 10.7. The molecule has 1 unspecified atom stereocenters. The molecule has 142 valence electrons. The van der Waals surface area contributed by atoms with Crippen LogP contribution in [0.1, 0.15) is 24.2 Å². The molecule has 0 fully saturated rings. The standard InChI is InChI=1S/C17H19Cl3NO4P/c1-3-24-26(23,25-4-2)16(17(18,19)20)21-15(22)14-11-7-9-12-8-5-6-10-13(12)14/h5-11,16H,3-4H2,1-2H3,(H,21,22). The zero-order chi connectivity index (χ0) is 19.4. The van der Waals surface area contributed by atoms with Crippen LogP contribution < -0.4 is 5.32 Å². The number of nitrogens with one attached hydrogen (secondary N) is 1. The Balaban J connectivity index is 2.42. The second-order valence-electron chi connectivity index (χ2n) is 5.32. The summed E-state index contributed by atoms with van der Waals surface area (Å²) >= 11 is 18.0. The summed E-state index contributed by atoms with van der Waals surface area (Å²) in [5.41, 5.74) is 0.363. The number of alkyl halides is 3. The SMILES string of the molecule is CCOP(=O)(OCC)C(NC(=O)c1cccc2ccccc12)C(Cl)(Cl)Cl. The highest BCUT2D eigenvalue weighted by Crippen LogP contribution is 2.58. The summed E-state index contributed by atoms with van der Waals surface area (Å²) in [6.07, 6.45) is 0. The van der Waals surface area contributed by atoms with Crippen molar-refractivity contribution < 1.29 is 18.4 Å². The van der Waals surface area contributed by atoms with Crippen molar-refractivity contribution in [2.24, 2.45) is 0 Å². The van der Waals surface area contributed by atoms with Gasteiger partial charge in [-0.2, -0.15) is 0 Å². The predicted octanol–water partition coefficient (Wildman–Crippen LogP) is 5.53. The van der Waals surface area contributed by atoms with Gasteiger partial charge in [-0.1, -0.05) is 71.2 Å². The van der Waals surface area contributed by atoms with Gasteiger partial charge >= 0.3 is 7.60 Å². The van der Waals surface area contributed by atoms with Crippen LogP contribution in [-0.4, -0.2) is 28.7 Å². The predicted molar refractivity (Wildman–Crippen MR) is 106 cm³/mol. The van der Waals surface area contributed by atoms with Crippen LogP contribution in [0.25, 0.3) is 10.8 Å². The lowest BCUT2D eigenvalue weighted by Crippen LogP contribution is -2.44. The van der Waals surface area contributed by atoms with Crippen molar-refractivity contribution >= 4 is 59.1 Å². The van der Waals surface area contributed by atoms with Gasteiger partial charge in [0.15, 0.2) is 5.78 Å². The fourth-order valence-electron chi connectivity index (χ4n) is 2.51. The first kappa shape index (κ1) is 21.5. The third-order valence-electron chi connectivity index (χ3n) is 3.55. The largest absolute Gasteiger partial charge is 0.357 e. The minimum Gasteiger partial charge on any atom is -0.334 e. The molecule has 1 atom stereocenters. The lowest BCUT2D eigenvalue weighted by atomic mass is 10.0. The smallest absolute Gasteiger partial charge is 0.334 e. The molecule has 0 spiro atoms. The Hall–Kier alpha value is -0.810. The minimum absolute atomic E-state index is 0.0681. The van der Waals surface area contributed by atoms with Gasteiger partial charge in [-0.3, -0.25) is 9.36 Å². The maximum atomic E-state index is 13.1. The van der Waals surface area contributed by atoms with Crippen LogP contribution >= 0.6 is 42.4 Å². The maximum absolute atomic E-state index is 13.1. The van der Waals surface area contributed by atoms with Gasteiger partial charge in [-0.25, -0.2) is 0 Å². The second-order valence-corrected chi connectivity index (χ2v) is 9.80. The topological polar surface area (TPSA) is 64.6 Å². The Bertz CT molecular complexity index is 810. The van der Waals surface area contributed by atoms with Crippen molar-refractivity contribution in [1.29, 1.82) is 0 Å². The Labute approximate surface area is 167 Å². The fraction of sp³-hybridized carbons (Fsp3) is 0.353. The van der Waals surface area contributed by atoms with Crippen LogP contribution in [0.5, 0.6) is 0 Å². The monoisotopic (exact) mass is 437 g/mol. The van der Waals surface area contributed by atoms with Gasteiger partial charge in [0, 0.05) is 5.56 Å². The summed E-state index contributed by atoms with van der Waals surface area (Å²) in [5.74, 6) is -2.01. The average Bonchev–Trinajstić information content (AvgIpc) is 2.58. The van der Waals surface area contributed by atoms with Gasteiger partial charge in [-0.15, -0.1) is 0 Å². The van der Waals surface area contributed by atoms with Crippen molar-refractivity contribution in [3.05, 3.63) is 48.0 Å². The molecule has 9 heteroatoms. The normalized spacial score (nSPS) is 13.6. The molecule has 0 bridgehead atoms. The number of hydrogen-bond acceptors (Lipinski definition) is 4. The molecule has 1 N–H and O–H groups in total. The van der Waals surface area contributed by atoms with Gasteiger partial charge < -0.3 is 14.4 Å². The second kappa shape index (κ2) is 8.92. The number of hydrogen-bond donors (Lipinski definition) is 1. The molecule has 5 nitrogen and oxygen atoms in total. The van der Waals surface area contributed by atoms with Crippen molar-refractivity contribution in [2.75, 3.05) is 13.2 Å². The molecule has 26 heavy (non-hydrogen) atoms. The molecule has 0 radical (unpaired) electrons. The number of halogens is 3. The summed E-state index contributed by atoms with van der Waals surface area (Å²) in [7, 11) is -3.91. The number of carbonyl (C=O) groups excluding carboxylic acids is 1. The van der Waals surface area contributed by atoms with Gasteiger partial charge in [-0.05, 0) is 30.7 Å². The van der Waals surface area contributed by atoms with Crippen molar-refractivity contribution in [1.82, 2.24) is 5.32 Å².